The molecule has 0 amide bonds. The molecule has 0 aliphatic rings. The van der Waals surface area contributed by atoms with Gasteiger partial charge in [-0.05, 0) is 22.2 Å². The molecule has 0 unspecified atom stereocenters. The first-order valence-electron chi connectivity index (χ1n) is 4.85. The van der Waals surface area contributed by atoms with Crippen LogP contribution in [0.5, 0.6) is 0 Å². The molecule has 0 spiro atoms. The normalized spacial score (nSPS) is 11.4. The maximum Gasteiger partial charge on any atom is 1.00 e. The van der Waals surface area contributed by atoms with E-state index in [2.05, 4.69) is 19.7 Å². The van der Waals surface area contributed by atoms with Gasteiger partial charge in [0, 0.05) is 0 Å². The Balaban J connectivity index is 0.00000180. The van der Waals surface area contributed by atoms with Gasteiger partial charge >= 0.3 is 39.9 Å². The number of aromatic nitrogens is 3. The van der Waals surface area contributed by atoms with Gasteiger partial charge in [0.05, 0.1) is 12.2 Å². The van der Waals surface area contributed by atoms with Crippen LogP contribution in [0.4, 0.5) is 5.69 Å². The second-order valence-electron chi connectivity index (χ2n) is 3.39. The molecule has 2 aromatic rings. The van der Waals surface area contributed by atoms with E-state index in [1.54, 1.807) is 35.3 Å². The first-order valence-corrected chi connectivity index (χ1v) is 6.24. The van der Waals surface area contributed by atoms with Crippen molar-refractivity contribution in [1.82, 2.24) is 14.8 Å². The Hall–Kier alpha value is -1.13. The number of rotatable bonds is 4. The molecule has 1 aromatic carbocycles. The van der Waals surface area contributed by atoms with Gasteiger partial charge in [-0.1, -0.05) is 12.1 Å². The van der Waals surface area contributed by atoms with Crippen LogP contribution < -0.4 is 29.6 Å². The Morgan fingerprint density at radius 2 is 1.95 bits per heavy atom. The van der Waals surface area contributed by atoms with E-state index >= 15 is 0 Å². The van der Waals surface area contributed by atoms with Crippen LogP contribution >= 0.6 is 0 Å². The molecule has 10 heteroatoms. The largest absolute Gasteiger partial charge is 1.00 e. The predicted molar refractivity (Wildman–Crippen MR) is 61.6 cm³/mol. The minimum atomic E-state index is -4.44. The van der Waals surface area contributed by atoms with E-state index in [4.69, 9.17) is 4.55 Å². The number of benzene rings is 1. The first-order chi connectivity index (χ1) is 8.53. The van der Waals surface area contributed by atoms with E-state index < -0.39 is 10.3 Å². The van der Waals surface area contributed by atoms with Crippen molar-refractivity contribution >= 4 is 16.0 Å². The van der Waals surface area contributed by atoms with Crippen LogP contribution in [0.15, 0.2) is 46.6 Å². The van der Waals surface area contributed by atoms with Crippen LogP contribution in [0.25, 0.3) is 0 Å². The van der Waals surface area contributed by atoms with Crippen LogP contribution in [-0.2, 0) is 16.8 Å². The van der Waals surface area contributed by atoms with Crippen molar-refractivity contribution in [3.63, 3.8) is 0 Å². The quantitative estimate of drug-likeness (QED) is 0.406. The molecule has 8 nitrogen and oxygen atoms in total. The van der Waals surface area contributed by atoms with Crippen LogP contribution in [0.3, 0.4) is 0 Å². The molecule has 0 saturated carbocycles. The van der Waals surface area contributed by atoms with Gasteiger partial charge in [0.25, 0.3) is 0 Å². The molecule has 0 radical (unpaired) electrons. The molecule has 1 heterocycles. The van der Waals surface area contributed by atoms with E-state index in [9.17, 15) is 8.42 Å². The summed E-state index contributed by atoms with van der Waals surface area (Å²) in [5.74, 6) is 0. The molecule has 2 rings (SSSR count). The van der Waals surface area contributed by atoms with Gasteiger partial charge in [-0.3, -0.25) is 4.55 Å². The minimum Gasteiger partial charge on any atom is -0.267 e. The van der Waals surface area contributed by atoms with Crippen LogP contribution in [0.2, 0.25) is 0 Å². The van der Waals surface area contributed by atoms with Crippen LogP contribution in [-0.4, -0.2) is 27.7 Å². The zero-order valence-electron chi connectivity index (χ0n) is 10.1. The Morgan fingerprint density at radius 3 is 2.47 bits per heavy atom. The van der Waals surface area contributed by atoms with Gasteiger partial charge in [0.2, 0.25) is 0 Å². The third-order valence-corrected chi connectivity index (χ3v) is 2.29. The van der Waals surface area contributed by atoms with Crippen molar-refractivity contribution in [3.05, 3.63) is 42.5 Å². The molecule has 0 aliphatic heterocycles. The second-order valence-corrected chi connectivity index (χ2v) is 4.45. The summed E-state index contributed by atoms with van der Waals surface area (Å²) in [5.41, 5.74) is 1.28. The smallest absolute Gasteiger partial charge is 0.267 e. The maximum absolute atomic E-state index is 10.4. The SMILES string of the molecule is O=S(=O)(O)N=Nc1ccc(Cn2cncn2)cc1.[Na+]. The number of hydrogen-bond donors (Lipinski definition) is 1. The molecule has 0 aliphatic carbocycles. The summed E-state index contributed by atoms with van der Waals surface area (Å²) in [4.78, 5) is 3.82. The van der Waals surface area contributed by atoms with Crippen LogP contribution in [0, 0.1) is 0 Å². The Labute approximate surface area is 131 Å². The fraction of sp³-hybridized carbons (Fsp3) is 0.111. The van der Waals surface area contributed by atoms with Gasteiger partial charge in [0.15, 0.2) is 0 Å². The van der Waals surface area contributed by atoms with E-state index in [1.165, 1.54) is 6.33 Å². The summed E-state index contributed by atoms with van der Waals surface area (Å²) < 4.78 is 33.5. The van der Waals surface area contributed by atoms with Crippen LogP contribution in [0.1, 0.15) is 5.56 Å². The monoisotopic (exact) mass is 290 g/mol. The van der Waals surface area contributed by atoms with Gasteiger partial charge in [-0.25, -0.2) is 9.67 Å². The summed E-state index contributed by atoms with van der Waals surface area (Å²) in [5, 5.41) is 7.32. The molecule has 1 aromatic heterocycles. The molecule has 0 saturated heterocycles. The van der Waals surface area contributed by atoms with Crippen molar-refractivity contribution in [2.24, 2.45) is 9.63 Å². The van der Waals surface area contributed by atoms with Crippen molar-refractivity contribution in [1.29, 1.82) is 0 Å². The summed E-state index contributed by atoms with van der Waals surface area (Å²) in [6.07, 6.45) is 3.03. The van der Waals surface area contributed by atoms with Crippen molar-refractivity contribution in [3.8, 4) is 0 Å². The Kier molecular flexibility index (Phi) is 5.76. The molecule has 0 fully saturated rings. The average molecular weight is 290 g/mol. The fourth-order valence-corrected chi connectivity index (χ4v) is 1.47. The van der Waals surface area contributed by atoms with E-state index in [0.717, 1.165) is 5.56 Å². The standard InChI is InChI=1S/C9H9N5O3S.Na/c15-18(16,17)13-12-9-3-1-8(2-4-9)5-14-7-10-6-11-14;/h1-4,6-7H,5H2,(H,15,16,17);/q;+1. The maximum atomic E-state index is 10.4. The van der Waals surface area contributed by atoms with Gasteiger partial charge in [-0.15, -0.1) is 5.11 Å². The number of nitrogens with zero attached hydrogens (tertiary/aromatic N) is 5. The number of hydrogen-bond acceptors (Lipinski definition) is 5. The molecule has 1 N–H and O–H groups in total. The van der Waals surface area contributed by atoms with Gasteiger partial charge < -0.3 is 0 Å². The third-order valence-electron chi connectivity index (χ3n) is 2.01. The summed E-state index contributed by atoms with van der Waals surface area (Å²) >= 11 is 0. The minimum absolute atomic E-state index is 0. The van der Waals surface area contributed by atoms with Crippen molar-refractivity contribution < 1.29 is 42.5 Å². The topological polar surface area (TPSA) is 110 Å². The molecule has 94 valence electrons. The fourth-order valence-electron chi connectivity index (χ4n) is 1.27. The van der Waals surface area contributed by atoms with Crippen molar-refractivity contribution in [2.45, 2.75) is 6.54 Å². The summed E-state index contributed by atoms with van der Waals surface area (Å²) in [7, 11) is -4.44. The van der Waals surface area contributed by atoms with Crippen molar-refractivity contribution in [2.75, 3.05) is 0 Å². The summed E-state index contributed by atoms with van der Waals surface area (Å²) in [6, 6.07) is 6.67. The Bertz CT molecular complexity index is 639. The molecule has 0 bridgehead atoms. The summed E-state index contributed by atoms with van der Waals surface area (Å²) in [6.45, 7) is 0.551. The van der Waals surface area contributed by atoms with Gasteiger partial charge in [-0.2, -0.15) is 13.5 Å². The first kappa shape index (κ1) is 15.9. The molecular formula is C9H9N5NaO3S+. The molecule has 19 heavy (non-hydrogen) atoms. The van der Waals surface area contributed by atoms with E-state index in [0.29, 0.717) is 12.2 Å². The predicted octanol–water partition coefficient (Wildman–Crippen LogP) is -1.78. The van der Waals surface area contributed by atoms with Gasteiger partial charge in [0.1, 0.15) is 12.7 Å². The average Bonchev–Trinajstić information content (AvgIpc) is 2.80. The zero-order valence-corrected chi connectivity index (χ0v) is 12.9. The van der Waals surface area contributed by atoms with E-state index in [-0.39, 0.29) is 29.6 Å². The second kappa shape index (κ2) is 6.87. The molecular weight excluding hydrogens is 281 g/mol. The third kappa shape index (κ3) is 5.57. The zero-order chi connectivity index (χ0) is 13.0. The Morgan fingerprint density at radius 1 is 1.26 bits per heavy atom. The molecule has 0 atom stereocenters. The van der Waals surface area contributed by atoms with E-state index in [1.807, 2.05) is 0 Å².